The molecule has 3 heterocycles. The van der Waals surface area contributed by atoms with Crippen molar-refractivity contribution < 1.29 is 18.7 Å². The summed E-state index contributed by atoms with van der Waals surface area (Å²) in [6, 6.07) is 5.81. The summed E-state index contributed by atoms with van der Waals surface area (Å²) in [4.78, 5) is 22.9. The van der Waals surface area contributed by atoms with Gasteiger partial charge in [-0.3, -0.25) is 4.90 Å². The molecule has 0 aliphatic carbocycles. The standard InChI is InChI=1S/C22H23FN6O3/c1-22(2,3)32-21(30)28-9-5-4-6-18(28)29-19-15(12-27-29)20(26-13-25-19)31-17-8-7-14(11-24)10-16(17)23/h7-8,10,12-13,18H,4-6,9H2,1-3H3. The molecule has 10 heteroatoms. The van der Waals surface area contributed by atoms with E-state index >= 15 is 0 Å². The average Bonchev–Trinajstić information content (AvgIpc) is 3.19. The second-order valence-corrected chi connectivity index (χ2v) is 8.51. The number of rotatable bonds is 3. The Kier molecular flexibility index (Phi) is 5.65. The van der Waals surface area contributed by atoms with Gasteiger partial charge in [0.1, 0.15) is 23.5 Å². The van der Waals surface area contributed by atoms with Gasteiger partial charge >= 0.3 is 6.09 Å². The van der Waals surface area contributed by atoms with E-state index in [2.05, 4.69) is 15.1 Å². The summed E-state index contributed by atoms with van der Waals surface area (Å²) in [7, 11) is 0. The summed E-state index contributed by atoms with van der Waals surface area (Å²) in [5.41, 5.74) is 0.0409. The third-order valence-electron chi connectivity index (χ3n) is 5.00. The van der Waals surface area contributed by atoms with Crippen LogP contribution in [0.1, 0.15) is 51.8 Å². The zero-order chi connectivity index (χ0) is 22.9. The van der Waals surface area contributed by atoms with Crippen molar-refractivity contribution >= 4 is 17.1 Å². The van der Waals surface area contributed by atoms with Gasteiger partial charge in [0.25, 0.3) is 0 Å². The van der Waals surface area contributed by atoms with Crippen molar-refractivity contribution in [2.24, 2.45) is 0 Å². The van der Waals surface area contributed by atoms with Gasteiger partial charge in [0.05, 0.1) is 17.8 Å². The van der Waals surface area contributed by atoms with E-state index in [1.54, 1.807) is 9.58 Å². The normalized spacial score (nSPS) is 16.6. The summed E-state index contributed by atoms with van der Waals surface area (Å²) in [6.45, 7) is 6.02. The van der Waals surface area contributed by atoms with E-state index in [1.165, 1.54) is 24.7 Å². The van der Waals surface area contributed by atoms with E-state index < -0.39 is 17.5 Å². The van der Waals surface area contributed by atoms with Crippen LogP contribution >= 0.6 is 0 Å². The van der Waals surface area contributed by atoms with Crippen molar-refractivity contribution in [3.63, 3.8) is 0 Å². The molecule has 1 aromatic carbocycles. The molecule has 9 nitrogen and oxygen atoms in total. The Bertz CT molecular complexity index is 1200. The number of hydrogen-bond acceptors (Lipinski definition) is 7. The molecule has 0 spiro atoms. The second-order valence-electron chi connectivity index (χ2n) is 8.51. The Labute approximate surface area is 184 Å². The van der Waals surface area contributed by atoms with Crippen LogP contribution in [0.2, 0.25) is 0 Å². The fraction of sp³-hybridized carbons (Fsp3) is 0.409. The molecular weight excluding hydrogens is 415 g/mol. The van der Waals surface area contributed by atoms with Crippen LogP contribution in [-0.4, -0.2) is 42.9 Å². The summed E-state index contributed by atoms with van der Waals surface area (Å²) < 4.78 is 27.2. The molecule has 1 fully saturated rings. The summed E-state index contributed by atoms with van der Waals surface area (Å²) in [5.74, 6) is -0.610. The first-order valence-corrected chi connectivity index (χ1v) is 10.3. The first kappa shape index (κ1) is 21.5. The SMILES string of the molecule is CC(C)(C)OC(=O)N1CCCCC1n1ncc2c(Oc3ccc(C#N)cc3F)ncnc21. The van der Waals surface area contributed by atoms with E-state index in [-0.39, 0.29) is 23.4 Å². The highest BCUT2D eigenvalue weighted by molar-refractivity contribution is 5.80. The number of carbonyl (C=O) groups is 1. The van der Waals surface area contributed by atoms with Gasteiger partial charge in [-0.25, -0.2) is 23.8 Å². The number of carbonyl (C=O) groups excluding carboxylic acids is 1. The molecule has 1 amide bonds. The van der Waals surface area contributed by atoms with Crippen molar-refractivity contribution in [2.45, 2.75) is 51.8 Å². The maximum Gasteiger partial charge on any atom is 0.412 e. The van der Waals surface area contributed by atoms with Crippen LogP contribution in [0.5, 0.6) is 11.6 Å². The molecule has 0 bridgehead atoms. The predicted octanol–water partition coefficient (Wildman–Crippen LogP) is 4.55. The lowest BCUT2D eigenvalue weighted by Crippen LogP contribution is -2.44. The van der Waals surface area contributed by atoms with Gasteiger partial charge in [-0.1, -0.05) is 0 Å². The molecule has 1 atom stereocenters. The number of amides is 1. The van der Waals surface area contributed by atoms with Gasteiger partial charge in [-0.05, 0) is 58.2 Å². The number of hydrogen-bond donors (Lipinski definition) is 0. The quantitative estimate of drug-likeness (QED) is 0.590. The van der Waals surface area contributed by atoms with Crippen LogP contribution in [0.15, 0.2) is 30.7 Å². The third-order valence-corrected chi connectivity index (χ3v) is 5.00. The topological polar surface area (TPSA) is 106 Å². The van der Waals surface area contributed by atoms with E-state index in [0.717, 1.165) is 18.9 Å². The molecule has 1 unspecified atom stereocenters. The highest BCUT2D eigenvalue weighted by Gasteiger charge is 2.33. The highest BCUT2D eigenvalue weighted by atomic mass is 19.1. The maximum atomic E-state index is 14.3. The Hall–Kier alpha value is -3.74. The van der Waals surface area contributed by atoms with Crippen molar-refractivity contribution in [1.82, 2.24) is 24.6 Å². The number of benzene rings is 1. The number of nitrogens with zero attached hydrogens (tertiary/aromatic N) is 6. The van der Waals surface area contributed by atoms with Crippen LogP contribution in [-0.2, 0) is 4.74 Å². The molecule has 0 saturated carbocycles. The lowest BCUT2D eigenvalue weighted by atomic mass is 10.1. The molecular formula is C22H23FN6O3. The van der Waals surface area contributed by atoms with E-state index in [9.17, 15) is 9.18 Å². The minimum absolute atomic E-state index is 0.0650. The zero-order valence-electron chi connectivity index (χ0n) is 18.1. The Morgan fingerprint density at radius 2 is 2.09 bits per heavy atom. The van der Waals surface area contributed by atoms with Gasteiger partial charge < -0.3 is 9.47 Å². The molecule has 0 radical (unpaired) electrons. The van der Waals surface area contributed by atoms with E-state index in [1.807, 2.05) is 26.8 Å². The van der Waals surface area contributed by atoms with Gasteiger partial charge in [0.2, 0.25) is 5.88 Å². The molecule has 1 saturated heterocycles. The molecule has 1 aliphatic heterocycles. The van der Waals surface area contributed by atoms with E-state index in [0.29, 0.717) is 24.0 Å². The summed E-state index contributed by atoms with van der Waals surface area (Å²) in [6.07, 6.45) is 4.56. The van der Waals surface area contributed by atoms with Crippen LogP contribution < -0.4 is 4.74 Å². The van der Waals surface area contributed by atoms with Gasteiger partial charge in [0, 0.05) is 6.54 Å². The number of nitriles is 1. The largest absolute Gasteiger partial charge is 0.444 e. The lowest BCUT2D eigenvalue weighted by Gasteiger charge is -2.36. The van der Waals surface area contributed by atoms with Gasteiger partial charge in [0.15, 0.2) is 17.2 Å². The summed E-state index contributed by atoms with van der Waals surface area (Å²) >= 11 is 0. The van der Waals surface area contributed by atoms with Crippen molar-refractivity contribution in [3.8, 4) is 17.7 Å². The molecule has 32 heavy (non-hydrogen) atoms. The Morgan fingerprint density at radius 3 is 2.81 bits per heavy atom. The maximum absolute atomic E-state index is 14.3. The van der Waals surface area contributed by atoms with Crippen molar-refractivity contribution in [2.75, 3.05) is 6.54 Å². The first-order chi connectivity index (χ1) is 15.3. The zero-order valence-corrected chi connectivity index (χ0v) is 18.1. The number of piperidine rings is 1. The van der Waals surface area contributed by atoms with Crippen LogP contribution in [0.3, 0.4) is 0 Å². The second kappa shape index (κ2) is 8.42. The lowest BCUT2D eigenvalue weighted by molar-refractivity contribution is -0.00267. The van der Waals surface area contributed by atoms with Crippen molar-refractivity contribution in [3.05, 3.63) is 42.1 Å². The van der Waals surface area contributed by atoms with E-state index in [4.69, 9.17) is 14.7 Å². The summed E-state index contributed by atoms with van der Waals surface area (Å²) in [5, 5.41) is 13.8. The monoisotopic (exact) mass is 438 g/mol. The number of aromatic nitrogens is 4. The number of ether oxygens (including phenoxy) is 2. The van der Waals surface area contributed by atoms with Crippen LogP contribution in [0.25, 0.3) is 11.0 Å². The molecule has 0 N–H and O–H groups in total. The number of fused-ring (bicyclic) bond motifs is 1. The predicted molar refractivity (Wildman–Crippen MR) is 112 cm³/mol. The van der Waals surface area contributed by atoms with Crippen LogP contribution in [0.4, 0.5) is 9.18 Å². The smallest absolute Gasteiger partial charge is 0.412 e. The molecule has 166 valence electrons. The molecule has 2 aromatic heterocycles. The minimum atomic E-state index is -0.674. The highest BCUT2D eigenvalue weighted by Crippen LogP contribution is 2.33. The van der Waals surface area contributed by atoms with Gasteiger partial charge in [-0.15, -0.1) is 0 Å². The van der Waals surface area contributed by atoms with Gasteiger partial charge in [-0.2, -0.15) is 10.4 Å². The minimum Gasteiger partial charge on any atom is -0.444 e. The Morgan fingerprint density at radius 1 is 1.28 bits per heavy atom. The molecule has 4 rings (SSSR count). The molecule has 1 aliphatic rings. The number of halogens is 1. The number of likely N-dealkylation sites (tertiary alicyclic amines) is 1. The third kappa shape index (κ3) is 4.32. The van der Waals surface area contributed by atoms with Crippen LogP contribution in [0, 0.1) is 17.1 Å². The fourth-order valence-electron chi connectivity index (χ4n) is 3.60. The first-order valence-electron chi connectivity index (χ1n) is 10.3. The fourth-order valence-corrected chi connectivity index (χ4v) is 3.60. The average molecular weight is 438 g/mol. The van der Waals surface area contributed by atoms with Crippen molar-refractivity contribution in [1.29, 1.82) is 5.26 Å². The Balaban J connectivity index is 1.66. The molecule has 3 aromatic rings.